The minimum absolute atomic E-state index is 0.719. The molecule has 2 rings (SSSR count). The maximum absolute atomic E-state index is 5.33. The second-order valence-electron chi connectivity index (χ2n) is 3.66. The van der Waals surface area contributed by atoms with E-state index in [4.69, 9.17) is 4.74 Å². The Hall–Kier alpha value is -0.430. The van der Waals surface area contributed by atoms with E-state index in [9.17, 15) is 0 Å². The summed E-state index contributed by atoms with van der Waals surface area (Å²) >= 11 is 2.24. The van der Waals surface area contributed by atoms with Gasteiger partial charge in [0.2, 0.25) is 0 Å². The molecule has 1 saturated heterocycles. The lowest BCUT2D eigenvalue weighted by Gasteiger charge is -2.09. The van der Waals surface area contributed by atoms with E-state index >= 15 is 0 Å². The molecule has 0 saturated carbocycles. The molecule has 0 spiro atoms. The molecule has 0 bridgehead atoms. The van der Waals surface area contributed by atoms with Crippen LogP contribution in [-0.2, 0) is 4.74 Å². The molecule has 1 atom stereocenters. The van der Waals surface area contributed by atoms with Crippen molar-refractivity contribution in [1.82, 2.24) is 9.97 Å². The smallest absolute Gasteiger partial charge is 0.142 e. The van der Waals surface area contributed by atoms with Crippen LogP contribution >= 0.6 is 22.6 Å². The highest BCUT2D eigenvalue weighted by atomic mass is 127. The van der Waals surface area contributed by atoms with E-state index in [1.807, 2.05) is 6.20 Å². The van der Waals surface area contributed by atoms with E-state index in [-0.39, 0.29) is 0 Å². The van der Waals surface area contributed by atoms with Crippen LogP contribution in [0.25, 0.3) is 0 Å². The number of hydrogen-bond acceptors (Lipinski definition) is 4. The molecule has 0 amide bonds. The van der Waals surface area contributed by atoms with Gasteiger partial charge in [0.15, 0.2) is 0 Å². The maximum Gasteiger partial charge on any atom is 0.142 e. The molecule has 4 nitrogen and oxygen atoms in total. The molecular weight excluding hydrogens is 305 g/mol. The van der Waals surface area contributed by atoms with Crippen LogP contribution < -0.4 is 5.32 Å². The highest BCUT2D eigenvalue weighted by Gasteiger charge is 2.14. The molecule has 0 aromatic carbocycles. The number of hydrogen-bond donors (Lipinski definition) is 1. The van der Waals surface area contributed by atoms with E-state index in [2.05, 4.69) is 37.9 Å². The second kappa shape index (κ2) is 5.60. The number of aromatic nitrogens is 2. The van der Waals surface area contributed by atoms with Crippen LogP contribution in [0.4, 0.5) is 5.82 Å². The van der Waals surface area contributed by atoms with E-state index in [1.165, 1.54) is 6.42 Å². The molecule has 5 heteroatoms. The zero-order valence-corrected chi connectivity index (χ0v) is 10.6. The Kier molecular flexibility index (Phi) is 4.13. The van der Waals surface area contributed by atoms with Crippen LogP contribution in [0.1, 0.15) is 12.8 Å². The summed E-state index contributed by atoms with van der Waals surface area (Å²) in [6.45, 7) is 2.80. The fourth-order valence-electron chi connectivity index (χ4n) is 1.65. The first kappa shape index (κ1) is 11.1. The standard InChI is InChI=1S/C10H14IN3O/c11-9-5-12-7-14-10(9)13-3-1-8-2-4-15-6-8/h5,7-8H,1-4,6H2,(H,12,13,14). The largest absolute Gasteiger partial charge is 0.381 e. The predicted octanol–water partition coefficient (Wildman–Crippen LogP) is 1.92. The maximum atomic E-state index is 5.33. The Labute approximate surface area is 103 Å². The monoisotopic (exact) mass is 319 g/mol. The number of ether oxygens (including phenoxy) is 1. The fourth-order valence-corrected chi connectivity index (χ4v) is 2.14. The molecule has 1 aliphatic heterocycles. The molecule has 0 radical (unpaired) electrons. The van der Waals surface area contributed by atoms with Crippen LogP contribution in [0.3, 0.4) is 0 Å². The van der Waals surface area contributed by atoms with Crippen molar-refractivity contribution in [3.63, 3.8) is 0 Å². The lowest BCUT2D eigenvalue weighted by molar-refractivity contribution is 0.185. The third-order valence-electron chi connectivity index (χ3n) is 2.54. The Balaban J connectivity index is 1.75. The summed E-state index contributed by atoms with van der Waals surface area (Å²) in [5.41, 5.74) is 0. The predicted molar refractivity (Wildman–Crippen MR) is 66.8 cm³/mol. The van der Waals surface area contributed by atoms with Gasteiger partial charge >= 0.3 is 0 Å². The normalized spacial score (nSPS) is 20.5. The molecule has 2 heterocycles. The van der Waals surface area contributed by atoms with Gasteiger partial charge in [-0.1, -0.05) is 0 Å². The van der Waals surface area contributed by atoms with E-state index < -0.39 is 0 Å². The molecule has 1 aromatic heterocycles. The van der Waals surface area contributed by atoms with Crippen molar-refractivity contribution < 1.29 is 4.74 Å². The van der Waals surface area contributed by atoms with Crippen LogP contribution in [0, 0.1) is 9.49 Å². The quantitative estimate of drug-likeness (QED) is 0.862. The summed E-state index contributed by atoms with van der Waals surface area (Å²) in [6, 6.07) is 0. The Morgan fingerprint density at radius 2 is 2.53 bits per heavy atom. The van der Waals surface area contributed by atoms with Gasteiger partial charge in [-0.05, 0) is 41.4 Å². The van der Waals surface area contributed by atoms with Crippen molar-refractivity contribution in [2.75, 3.05) is 25.1 Å². The third kappa shape index (κ3) is 3.27. The van der Waals surface area contributed by atoms with Crippen molar-refractivity contribution in [2.45, 2.75) is 12.8 Å². The molecular formula is C10H14IN3O. The fraction of sp³-hybridized carbons (Fsp3) is 0.600. The van der Waals surface area contributed by atoms with Crippen molar-refractivity contribution in [3.05, 3.63) is 16.1 Å². The van der Waals surface area contributed by atoms with Gasteiger partial charge in [-0.3, -0.25) is 0 Å². The van der Waals surface area contributed by atoms with Gasteiger partial charge in [-0.25, -0.2) is 9.97 Å². The molecule has 1 unspecified atom stereocenters. The number of halogens is 1. The van der Waals surface area contributed by atoms with Gasteiger partial charge in [0, 0.05) is 26.0 Å². The minimum Gasteiger partial charge on any atom is -0.381 e. The third-order valence-corrected chi connectivity index (χ3v) is 3.33. The molecule has 1 fully saturated rings. The van der Waals surface area contributed by atoms with Crippen LogP contribution in [0.2, 0.25) is 0 Å². The second-order valence-corrected chi connectivity index (χ2v) is 4.83. The van der Waals surface area contributed by atoms with Crippen molar-refractivity contribution in [1.29, 1.82) is 0 Å². The first-order chi connectivity index (χ1) is 7.36. The van der Waals surface area contributed by atoms with E-state index in [1.54, 1.807) is 6.33 Å². The van der Waals surface area contributed by atoms with Gasteiger partial charge < -0.3 is 10.1 Å². The summed E-state index contributed by atoms with van der Waals surface area (Å²) in [7, 11) is 0. The summed E-state index contributed by atoms with van der Waals surface area (Å²) < 4.78 is 6.40. The van der Waals surface area contributed by atoms with Crippen molar-refractivity contribution >= 4 is 28.4 Å². The highest BCUT2D eigenvalue weighted by molar-refractivity contribution is 14.1. The van der Waals surface area contributed by atoms with Gasteiger partial charge in [-0.15, -0.1) is 0 Å². The highest BCUT2D eigenvalue weighted by Crippen LogP contribution is 2.17. The Bertz CT molecular complexity index is 315. The first-order valence-corrected chi connectivity index (χ1v) is 6.21. The topological polar surface area (TPSA) is 47.0 Å². The summed E-state index contributed by atoms with van der Waals surface area (Å²) in [5.74, 6) is 1.65. The number of rotatable bonds is 4. The van der Waals surface area contributed by atoms with Gasteiger partial charge in [0.05, 0.1) is 3.57 Å². The van der Waals surface area contributed by atoms with Gasteiger partial charge in [-0.2, -0.15) is 0 Å². The molecule has 1 aromatic rings. The molecule has 0 aliphatic carbocycles. The van der Waals surface area contributed by atoms with Crippen LogP contribution in [-0.4, -0.2) is 29.7 Å². The molecule has 1 N–H and O–H groups in total. The number of nitrogens with one attached hydrogen (secondary N) is 1. The SMILES string of the molecule is Ic1cncnc1NCCC1CCOC1. The lowest BCUT2D eigenvalue weighted by Crippen LogP contribution is -2.10. The van der Waals surface area contributed by atoms with Crippen molar-refractivity contribution in [2.24, 2.45) is 5.92 Å². The molecule has 1 aliphatic rings. The zero-order valence-electron chi connectivity index (χ0n) is 8.45. The minimum atomic E-state index is 0.719. The molecule has 82 valence electrons. The van der Waals surface area contributed by atoms with Gasteiger partial charge in [0.25, 0.3) is 0 Å². The van der Waals surface area contributed by atoms with Gasteiger partial charge in [0.1, 0.15) is 12.1 Å². The van der Waals surface area contributed by atoms with Crippen LogP contribution in [0.15, 0.2) is 12.5 Å². The lowest BCUT2D eigenvalue weighted by atomic mass is 10.1. The zero-order chi connectivity index (χ0) is 10.5. The van der Waals surface area contributed by atoms with Crippen LogP contribution in [0.5, 0.6) is 0 Å². The number of anilines is 1. The summed E-state index contributed by atoms with van der Waals surface area (Å²) in [4.78, 5) is 8.13. The summed E-state index contributed by atoms with van der Waals surface area (Å²) in [5, 5.41) is 3.33. The average Bonchev–Trinajstić information content (AvgIpc) is 2.74. The first-order valence-electron chi connectivity index (χ1n) is 5.13. The summed E-state index contributed by atoms with van der Waals surface area (Å²) in [6.07, 6.45) is 5.74. The Morgan fingerprint density at radius 3 is 3.27 bits per heavy atom. The molecule has 15 heavy (non-hydrogen) atoms. The van der Waals surface area contributed by atoms with Crippen molar-refractivity contribution in [3.8, 4) is 0 Å². The van der Waals surface area contributed by atoms with E-state index in [0.717, 1.165) is 41.5 Å². The number of nitrogens with zero attached hydrogens (tertiary/aromatic N) is 2. The Morgan fingerprint density at radius 1 is 1.60 bits per heavy atom. The van der Waals surface area contributed by atoms with E-state index in [0.29, 0.717) is 0 Å². The average molecular weight is 319 g/mol.